The number of carbonyl (C=O) groups excluding carboxylic acids is 1. The topological polar surface area (TPSA) is 47.0 Å². The number of rotatable bonds is 6. The maximum absolute atomic E-state index is 14.1. The third-order valence-electron chi connectivity index (χ3n) is 8.67. The highest BCUT2D eigenvalue weighted by Gasteiger charge is 2.47. The molecule has 0 saturated carbocycles. The Kier molecular flexibility index (Phi) is 8.39. The van der Waals surface area contributed by atoms with Crippen molar-refractivity contribution in [3.63, 3.8) is 0 Å². The van der Waals surface area contributed by atoms with Gasteiger partial charge in [0.05, 0.1) is 17.6 Å². The van der Waals surface area contributed by atoms with Gasteiger partial charge >= 0.3 is 12.2 Å². The molecule has 2 amide bonds. The van der Waals surface area contributed by atoms with Gasteiger partial charge < -0.3 is 19.8 Å². The average molecular weight is 546 g/mol. The maximum atomic E-state index is 14.1. The highest BCUT2D eigenvalue weighted by Crippen LogP contribution is 2.46. The van der Waals surface area contributed by atoms with E-state index in [1.165, 1.54) is 0 Å². The van der Waals surface area contributed by atoms with Crippen LogP contribution < -0.4 is 0 Å². The lowest BCUT2D eigenvalue weighted by atomic mass is 9.78. The predicted octanol–water partition coefficient (Wildman–Crippen LogP) is 6.45. The summed E-state index contributed by atoms with van der Waals surface area (Å²) >= 11 is 0. The summed E-state index contributed by atoms with van der Waals surface area (Å²) < 4.78 is 40.5. The first-order valence-electron chi connectivity index (χ1n) is 13.8. The number of benzene rings is 2. The Bertz CT molecular complexity index is 1180. The number of hydrogen-bond donors (Lipinski definition) is 1. The minimum absolute atomic E-state index is 0.113. The lowest BCUT2D eigenvalue weighted by Crippen LogP contribution is -2.51. The summed E-state index contributed by atoms with van der Waals surface area (Å²) in [7, 11) is 1.69. The van der Waals surface area contributed by atoms with Crippen LogP contribution in [0.3, 0.4) is 0 Å². The highest BCUT2D eigenvalue weighted by molar-refractivity contribution is 5.75. The molecule has 0 aromatic heterocycles. The van der Waals surface area contributed by atoms with Gasteiger partial charge in [-0.15, -0.1) is 0 Å². The van der Waals surface area contributed by atoms with Crippen LogP contribution in [0.15, 0.2) is 42.5 Å². The second kappa shape index (κ2) is 11.1. The number of aliphatic hydroxyl groups excluding tert-OH is 1. The molecule has 2 aliphatic rings. The molecule has 2 aromatic rings. The molecule has 2 aromatic carbocycles. The van der Waals surface area contributed by atoms with E-state index in [9.17, 15) is 23.1 Å². The van der Waals surface area contributed by atoms with Crippen LogP contribution in [-0.2, 0) is 6.18 Å². The van der Waals surface area contributed by atoms with E-state index in [-0.39, 0.29) is 30.0 Å². The SMILES string of the molecule is Cc1cc([C@@H](C)N(C)C(=O)N2CC[C@@H]3CN(CC(C)(C)CO)CC3[C@@H]2c2ccccc2C)cc(C(F)(F)F)c1. The molecule has 5 nitrogen and oxygen atoms in total. The van der Waals surface area contributed by atoms with E-state index in [1.807, 2.05) is 17.0 Å². The summed E-state index contributed by atoms with van der Waals surface area (Å²) in [6.07, 6.45) is -3.57. The van der Waals surface area contributed by atoms with E-state index in [2.05, 4.69) is 37.8 Å². The van der Waals surface area contributed by atoms with Crippen LogP contribution in [0, 0.1) is 31.1 Å². The van der Waals surface area contributed by atoms with Crippen LogP contribution in [0.4, 0.5) is 18.0 Å². The minimum Gasteiger partial charge on any atom is -0.396 e. The van der Waals surface area contributed by atoms with Gasteiger partial charge in [-0.25, -0.2) is 4.79 Å². The number of alkyl halides is 3. The first-order chi connectivity index (χ1) is 18.2. The molecule has 39 heavy (non-hydrogen) atoms. The molecule has 2 aliphatic heterocycles. The number of aryl methyl sites for hydroxylation is 2. The van der Waals surface area contributed by atoms with Crippen molar-refractivity contribution in [2.45, 2.75) is 59.3 Å². The van der Waals surface area contributed by atoms with E-state index in [0.717, 1.165) is 49.3 Å². The predicted molar refractivity (Wildman–Crippen MR) is 147 cm³/mol. The number of piperidine rings is 1. The Morgan fingerprint density at radius 3 is 2.46 bits per heavy atom. The van der Waals surface area contributed by atoms with Gasteiger partial charge in [0.2, 0.25) is 0 Å². The first kappa shape index (κ1) is 29.4. The van der Waals surface area contributed by atoms with Crippen molar-refractivity contribution in [2.24, 2.45) is 17.3 Å². The van der Waals surface area contributed by atoms with Gasteiger partial charge in [0.1, 0.15) is 0 Å². The molecule has 4 atom stereocenters. The van der Waals surface area contributed by atoms with Crippen molar-refractivity contribution in [3.05, 3.63) is 70.3 Å². The van der Waals surface area contributed by atoms with Crippen molar-refractivity contribution in [3.8, 4) is 0 Å². The van der Waals surface area contributed by atoms with E-state index >= 15 is 0 Å². The van der Waals surface area contributed by atoms with E-state index in [4.69, 9.17) is 0 Å². The lowest BCUT2D eigenvalue weighted by Gasteiger charge is -2.45. The van der Waals surface area contributed by atoms with Gasteiger partial charge in [-0.3, -0.25) is 0 Å². The summed E-state index contributed by atoms with van der Waals surface area (Å²) in [6, 6.07) is 11.4. The molecule has 214 valence electrons. The quantitative estimate of drug-likeness (QED) is 0.454. The molecule has 0 spiro atoms. The molecule has 2 saturated heterocycles. The summed E-state index contributed by atoms with van der Waals surface area (Å²) in [6.45, 7) is 12.9. The number of carbonyl (C=O) groups is 1. The number of halogens is 3. The Hall–Kier alpha value is -2.58. The summed E-state index contributed by atoms with van der Waals surface area (Å²) in [5, 5.41) is 9.83. The van der Waals surface area contributed by atoms with Crippen LogP contribution in [0.2, 0.25) is 0 Å². The van der Waals surface area contributed by atoms with Gasteiger partial charge in [-0.05, 0) is 61.9 Å². The number of urea groups is 1. The normalized spacial score (nSPS) is 23.0. The highest BCUT2D eigenvalue weighted by atomic mass is 19.4. The smallest absolute Gasteiger partial charge is 0.396 e. The third kappa shape index (κ3) is 6.27. The van der Waals surface area contributed by atoms with Crippen molar-refractivity contribution in [2.75, 3.05) is 39.8 Å². The molecule has 2 heterocycles. The summed E-state index contributed by atoms with van der Waals surface area (Å²) in [5.74, 6) is 0.666. The average Bonchev–Trinajstić information content (AvgIpc) is 3.28. The van der Waals surface area contributed by atoms with Crippen molar-refractivity contribution >= 4 is 6.03 Å². The monoisotopic (exact) mass is 545 g/mol. The summed E-state index contributed by atoms with van der Waals surface area (Å²) in [4.78, 5) is 20.1. The standard InChI is InChI=1S/C31H42F3N3O2/c1-20-13-24(15-25(14-20)31(32,33)34)22(3)35(6)29(39)37-12-11-23-16-36(18-30(4,5)19-38)17-27(23)28(37)26-10-8-7-9-21(26)2/h7-10,13-15,22-23,27-28,38H,11-12,16-19H2,1-6H3/t22-,23-,27?,28+/m1/s1. The van der Waals surface area contributed by atoms with Crippen LogP contribution in [0.1, 0.15) is 67.1 Å². The van der Waals surface area contributed by atoms with E-state index in [0.29, 0.717) is 23.6 Å². The Morgan fingerprint density at radius 1 is 1.13 bits per heavy atom. The molecule has 1 unspecified atom stereocenters. The van der Waals surface area contributed by atoms with E-state index < -0.39 is 17.8 Å². The fraction of sp³-hybridized carbons (Fsp3) is 0.581. The molecule has 4 rings (SSSR count). The van der Waals surface area contributed by atoms with Crippen LogP contribution >= 0.6 is 0 Å². The van der Waals surface area contributed by atoms with Gasteiger partial charge in [0.15, 0.2) is 0 Å². The lowest BCUT2D eigenvalue weighted by molar-refractivity contribution is -0.137. The minimum atomic E-state index is -4.44. The van der Waals surface area contributed by atoms with Gasteiger partial charge in [0, 0.05) is 51.2 Å². The zero-order valence-corrected chi connectivity index (χ0v) is 23.9. The number of likely N-dealkylation sites (tertiary alicyclic amines) is 2. The largest absolute Gasteiger partial charge is 0.416 e. The molecule has 0 radical (unpaired) electrons. The van der Waals surface area contributed by atoms with Crippen LogP contribution in [0.25, 0.3) is 0 Å². The van der Waals surface area contributed by atoms with Crippen LogP contribution in [-0.4, -0.2) is 65.7 Å². The second-order valence-corrected chi connectivity index (χ2v) is 12.4. The van der Waals surface area contributed by atoms with Crippen molar-refractivity contribution in [1.82, 2.24) is 14.7 Å². The van der Waals surface area contributed by atoms with Gasteiger partial charge in [0.25, 0.3) is 0 Å². The second-order valence-electron chi connectivity index (χ2n) is 12.4. The molecule has 2 fully saturated rings. The van der Waals surface area contributed by atoms with Crippen molar-refractivity contribution < 1.29 is 23.1 Å². The molecular weight excluding hydrogens is 503 g/mol. The van der Waals surface area contributed by atoms with Crippen LogP contribution in [0.5, 0.6) is 0 Å². The fourth-order valence-corrected chi connectivity index (χ4v) is 6.45. The number of amides is 2. The van der Waals surface area contributed by atoms with Gasteiger partial charge in [-0.1, -0.05) is 49.7 Å². The maximum Gasteiger partial charge on any atom is 0.416 e. The number of aliphatic hydroxyl groups is 1. The molecular formula is C31H42F3N3O2. The molecule has 0 bridgehead atoms. The molecule has 8 heteroatoms. The fourth-order valence-electron chi connectivity index (χ4n) is 6.45. The zero-order chi connectivity index (χ0) is 28.7. The Balaban J connectivity index is 1.64. The summed E-state index contributed by atoms with van der Waals surface area (Å²) in [5.41, 5.74) is 2.33. The Morgan fingerprint density at radius 2 is 1.82 bits per heavy atom. The first-order valence-corrected chi connectivity index (χ1v) is 13.8. The van der Waals surface area contributed by atoms with E-state index in [1.54, 1.807) is 31.9 Å². The number of hydrogen-bond acceptors (Lipinski definition) is 3. The Labute approximate surface area is 230 Å². The molecule has 1 N–H and O–H groups in total. The molecule has 0 aliphatic carbocycles. The third-order valence-corrected chi connectivity index (χ3v) is 8.67. The number of nitrogens with zero attached hydrogens (tertiary/aromatic N) is 3. The van der Waals surface area contributed by atoms with Crippen molar-refractivity contribution in [1.29, 1.82) is 0 Å². The zero-order valence-electron chi connectivity index (χ0n) is 23.9. The number of fused-ring (bicyclic) bond motifs is 1. The van der Waals surface area contributed by atoms with Gasteiger partial charge in [-0.2, -0.15) is 13.2 Å².